The Labute approximate surface area is 810 Å². The van der Waals surface area contributed by atoms with Crippen molar-refractivity contribution in [1.29, 1.82) is 0 Å². The summed E-state index contributed by atoms with van der Waals surface area (Å²) in [7, 11) is 0. The third-order valence-electron chi connectivity index (χ3n) is 29.0. The molecule has 12 heteroatoms. The minimum atomic E-state index is 0.915. The first-order valence-corrected chi connectivity index (χ1v) is 47.8. The van der Waals surface area contributed by atoms with E-state index in [1.807, 2.05) is 92.2 Å². The molecule has 0 spiro atoms. The van der Waals surface area contributed by atoms with Gasteiger partial charge in [-0.15, -0.1) is 0 Å². The van der Waals surface area contributed by atoms with E-state index < -0.39 is 0 Å². The van der Waals surface area contributed by atoms with E-state index in [9.17, 15) is 0 Å². The Bertz CT molecular complexity index is 10800. The summed E-state index contributed by atoms with van der Waals surface area (Å²) >= 11 is 0. The molecule has 12 aromatic heterocycles. The van der Waals surface area contributed by atoms with Crippen molar-refractivity contribution < 1.29 is 0 Å². The minimum absolute atomic E-state index is 0.915. The summed E-state index contributed by atoms with van der Waals surface area (Å²) in [4.78, 5) is 58.1. The van der Waals surface area contributed by atoms with Gasteiger partial charge in [0.05, 0.1) is 82.8 Å². The van der Waals surface area contributed by atoms with Crippen molar-refractivity contribution in [2.24, 2.45) is 0 Å². The van der Waals surface area contributed by atoms with Crippen LogP contribution in [0.15, 0.2) is 450 Å². The molecular weight excluding hydrogens is 1730 g/mol. The molecule has 0 unspecified atom stereocenters. The van der Waals surface area contributed by atoms with Crippen LogP contribution in [0.4, 0.5) is 0 Å². The van der Waals surface area contributed by atoms with Gasteiger partial charge >= 0.3 is 0 Å². The van der Waals surface area contributed by atoms with Gasteiger partial charge in [-0.05, 0) is 223 Å². The van der Waals surface area contributed by atoms with Gasteiger partial charge in [0.15, 0.2) is 0 Å². The molecule has 31 rings (SSSR count). The van der Waals surface area contributed by atoms with Crippen LogP contribution in [0.3, 0.4) is 0 Å². The van der Waals surface area contributed by atoms with Crippen LogP contribution in [0.25, 0.3) is 306 Å². The summed E-state index contributed by atoms with van der Waals surface area (Å²) in [6, 6.07) is 141. The van der Waals surface area contributed by atoms with Crippen LogP contribution in [-0.2, 0) is 0 Å². The predicted octanol–water partition coefficient (Wildman–Crippen LogP) is 33.2. The normalized spacial score (nSPS) is 11.9. The molecule has 0 amide bonds. The number of para-hydroxylation sites is 3. The molecule has 0 radical (unpaired) electrons. The van der Waals surface area contributed by atoms with Crippen LogP contribution in [0.2, 0.25) is 0 Å². The van der Waals surface area contributed by atoms with E-state index in [1.165, 1.54) is 114 Å². The van der Waals surface area contributed by atoms with Gasteiger partial charge in [-0.25, -0.2) is 15.0 Å². The summed E-state index contributed by atoms with van der Waals surface area (Å²) in [5.41, 5.74) is 28.1. The Morgan fingerprint density at radius 1 is 0.113 bits per heavy atom. The monoisotopic (exact) mass is 1800 g/mol. The molecule has 0 saturated carbocycles. The highest BCUT2D eigenvalue weighted by atomic mass is 14.8. The first-order valence-electron chi connectivity index (χ1n) is 47.8. The predicted molar refractivity (Wildman–Crippen MR) is 591 cm³/mol. The van der Waals surface area contributed by atoms with Gasteiger partial charge in [-0.3, -0.25) is 44.9 Å². The number of aromatic nitrogens is 12. The smallest absolute Gasteiger partial charge is 0.0978 e. The second kappa shape index (κ2) is 32.2. The molecule has 0 fully saturated rings. The van der Waals surface area contributed by atoms with Crippen molar-refractivity contribution >= 4 is 239 Å². The molecular formula is C130H74N12. The van der Waals surface area contributed by atoms with E-state index in [0.717, 1.165) is 191 Å². The number of benzene rings is 19. The molecule has 0 N–H and O–H groups in total. The molecule has 31 aromatic rings. The van der Waals surface area contributed by atoms with Crippen molar-refractivity contribution in [2.75, 3.05) is 0 Å². The maximum absolute atomic E-state index is 5.20. The lowest BCUT2D eigenvalue weighted by Crippen LogP contribution is -1.95. The van der Waals surface area contributed by atoms with Gasteiger partial charge in [-0.1, -0.05) is 297 Å². The van der Waals surface area contributed by atoms with Crippen LogP contribution in [0.1, 0.15) is 0 Å². The van der Waals surface area contributed by atoms with Crippen molar-refractivity contribution in [1.82, 2.24) is 59.8 Å². The molecule has 654 valence electrons. The average molecular weight is 1800 g/mol. The standard InChI is InChI=1S/C46H26N4.2C42H24N4/c1-2-10-33-32(9-1)39-25-29(31-21-24-49-45-36(31)19-13-27-7-5-22-47-43(27)45)15-17-34(39)35-18-16-30(26-40(33)35)42-37-11-3-4-12-41(37)50-46-38(42)20-14-28-8-6-23-48-44(28)46;1-3-13-29-27(11-1)36(31-21-24-45-41-32(31)19-17-25-9-7-22-43-39(25)41)28-12-2-4-14-30(28)37(29)38-33-15-5-6-16-35(33)46-42-34(38)20-18-26-10-8-23-44-40(26)42;1-2-8-37-34(7-1)38(35-18-14-27-6-4-21-44-40(27)42(35)46-37)30-12-10-25-9-11-28-23-29(15-16-31(28)36(25)24-30)32-19-22-45-41-33(32)17-13-26-5-3-20-43-39(26)41/h1-26H;2*1-24H. The molecule has 19 aromatic carbocycles. The number of nitrogens with zero attached hydrogens (tertiary/aromatic N) is 12. The van der Waals surface area contributed by atoms with Gasteiger partial charge in [-0.2, -0.15) is 0 Å². The zero-order valence-electron chi connectivity index (χ0n) is 76.1. The van der Waals surface area contributed by atoms with E-state index in [4.69, 9.17) is 49.8 Å². The highest BCUT2D eigenvalue weighted by Gasteiger charge is 2.26. The summed E-state index contributed by atoms with van der Waals surface area (Å²) in [5, 5.41) is 33.6. The topological polar surface area (TPSA) is 155 Å². The SMILES string of the molecule is c1cnc2c(c1)ccc1c(-c3c4ccccc4c(-c4c5ccccc5nc5c4ccc4cccnc45)c4ccccc34)ccnc12.c1cnc2c(c1)ccc1c(-c3ccc4c(ccc5ccc(-c6c7ccccc7nc7c6ccc6cccnc67)cc54)c3)ccnc12.c1cnc2c(c1)ccc1c(-c3ccc4c5ccc(-c6c7ccccc7nc7c6ccc6cccnc67)cc5c5ccccc5c4c3)ccnc12. The number of hydrogen-bond donors (Lipinski definition) is 0. The van der Waals surface area contributed by atoms with E-state index in [1.54, 1.807) is 0 Å². The molecule has 0 aliphatic rings. The Morgan fingerprint density at radius 2 is 0.373 bits per heavy atom. The van der Waals surface area contributed by atoms with Crippen LogP contribution < -0.4 is 0 Å². The van der Waals surface area contributed by atoms with Crippen LogP contribution in [0.5, 0.6) is 0 Å². The van der Waals surface area contributed by atoms with E-state index >= 15 is 0 Å². The molecule has 142 heavy (non-hydrogen) atoms. The van der Waals surface area contributed by atoms with Gasteiger partial charge in [0.1, 0.15) is 0 Å². The highest BCUT2D eigenvalue weighted by Crippen LogP contribution is 2.52. The highest BCUT2D eigenvalue weighted by molar-refractivity contribution is 6.32. The van der Waals surface area contributed by atoms with E-state index in [0.29, 0.717) is 0 Å². The Morgan fingerprint density at radius 3 is 0.796 bits per heavy atom. The molecule has 0 aliphatic carbocycles. The lowest BCUT2D eigenvalue weighted by molar-refractivity contribution is 1.37. The summed E-state index contributed by atoms with van der Waals surface area (Å²) in [6.45, 7) is 0. The van der Waals surface area contributed by atoms with Gasteiger partial charge in [0, 0.05) is 153 Å². The average Bonchev–Trinajstić information content (AvgIpc) is 0.720. The summed E-state index contributed by atoms with van der Waals surface area (Å²) < 4.78 is 0. The quantitative estimate of drug-likeness (QED) is 0.115. The lowest BCUT2D eigenvalue weighted by Gasteiger charge is -2.21. The first-order chi connectivity index (χ1) is 70.4. The lowest BCUT2D eigenvalue weighted by atomic mass is 9.83. The Hall–Kier alpha value is -19.3. The Kier molecular flexibility index (Phi) is 18.1. The second-order valence-electron chi connectivity index (χ2n) is 36.7. The fourth-order valence-electron chi connectivity index (χ4n) is 22.7. The van der Waals surface area contributed by atoms with Crippen LogP contribution in [-0.4, -0.2) is 59.8 Å². The number of fused-ring (bicyclic) bond motifs is 32. The molecule has 0 aliphatic heterocycles. The van der Waals surface area contributed by atoms with Crippen molar-refractivity contribution in [3.05, 3.63) is 450 Å². The fraction of sp³-hybridized carbons (Fsp3) is 0. The van der Waals surface area contributed by atoms with Crippen molar-refractivity contribution in [3.63, 3.8) is 0 Å². The molecule has 0 bridgehead atoms. The largest absolute Gasteiger partial charge is 0.254 e. The maximum Gasteiger partial charge on any atom is 0.0978 e. The molecule has 12 nitrogen and oxygen atoms in total. The summed E-state index contributed by atoms with van der Waals surface area (Å²) in [6.07, 6.45) is 16.8. The number of hydrogen-bond acceptors (Lipinski definition) is 12. The summed E-state index contributed by atoms with van der Waals surface area (Å²) in [5.74, 6) is 0. The van der Waals surface area contributed by atoms with Crippen molar-refractivity contribution in [2.45, 2.75) is 0 Å². The van der Waals surface area contributed by atoms with E-state index in [2.05, 4.69) is 368 Å². The molecule has 12 heterocycles. The number of pyridine rings is 12. The maximum atomic E-state index is 5.20. The first kappa shape index (κ1) is 80.0. The zero-order valence-corrected chi connectivity index (χ0v) is 76.1. The third-order valence-corrected chi connectivity index (χ3v) is 29.0. The molecule has 0 saturated heterocycles. The van der Waals surface area contributed by atoms with Gasteiger partial charge in [0.2, 0.25) is 0 Å². The molecule has 0 atom stereocenters. The zero-order chi connectivity index (χ0) is 93.1. The van der Waals surface area contributed by atoms with Crippen molar-refractivity contribution in [3.8, 4) is 66.8 Å². The van der Waals surface area contributed by atoms with E-state index in [-0.39, 0.29) is 0 Å². The fourth-order valence-corrected chi connectivity index (χ4v) is 22.7. The van der Waals surface area contributed by atoms with Crippen LogP contribution >= 0.6 is 0 Å². The van der Waals surface area contributed by atoms with Gasteiger partial charge in [0.25, 0.3) is 0 Å². The second-order valence-corrected chi connectivity index (χ2v) is 36.7. The third kappa shape index (κ3) is 12.7. The Balaban J connectivity index is 0.000000102. The van der Waals surface area contributed by atoms with Crippen LogP contribution in [0, 0.1) is 0 Å². The minimum Gasteiger partial charge on any atom is -0.254 e. The number of rotatable bonds is 6. The van der Waals surface area contributed by atoms with Gasteiger partial charge < -0.3 is 0 Å².